The summed E-state index contributed by atoms with van der Waals surface area (Å²) in [6, 6.07) is 1.83. The van der Waals surface area contributed by atoms with E-state index in [2.05, 4.69) is 5.16 Å². The third-order valence-corrected chi connectivity index (χ3v) is 2.51. The second kappa shape index (κ2) is 2.58. The Labute approximate surface area is 75.5 Å². The molecule has 4 heteroatoms. The molecule has 0 atom stereocenters. The smallest absolute Gasteiger partial charge is 0.304 e. The number of carbonyl (C=O) groups is 1. The summed E-state index contributed by atoms with van der Waals surface area (Å²) in [6.45, 7) is 1.81. The number of carboxylic acid groups (broad SMARTS) is 1. The number of nitrogens with zero attached hydrogens (tertiary/aromatic N) is 1. The van der Waals surface area contributed by atoms with E-state index in [1.807, 2.05) is 13.0 Å². The van der Waals surface area contributed by atoms with Crippen molar-refractivity contribution in [2.45, 2.75) is 31.6 Å². The van der Waals surface area contributed by atoms with Crippen LogP contribution in [0.3, 0.4) is 0 Å². The van der Waals surface area contributed by atoms with Gasteiger partial charge in [-0.05, 0) is 19.8 Å². The molecule has 0 bridgehead atoms. The SMILES string of the molecule is Cc1cc(C2(CC(=O)O)CC2)no1. The van der Waals surface area contributed by atoms with Crippen molar-refractivity contribution in [1.29, 1.82) is 0 Å². The first-order chi connectivity index (χ1) is 6.12. The predicted octanol–water partition coefficient (Wildman–Crippen LogP) is 1.49. The highest BCUT2D eigenvalue weighted by Crippen LogP contribution is 2.50. The molecule has 1 heterocycles. The van der Waals surface area contributed by atoms with Crippen LogP contribution < -0.4 is 0 Å². The molecule has 0 aliphatic heterocycles. The number of hydrogen-bond donors (Lipinski definition) is 1. The average Bonchev–Trinajstić information content (AvgIpc) is 2.65. The van der Waals surface area contributed by atoms with Crippen molar-refractivity contribution in [3.63, 3.8) is 0 Å². The lowest BCUT2D eigenvalue weighted by Gasteiger charge is -2.06. The molecule has 0 unspecified atom stereocenters. The minimum Gasteiger partial charge on any atom is -0.481 e. The Morgan fingerprint density at radius 1 is 1.77 bits per heavy atom. The third-order valence-electron chi connectivity index (χ3n) is 2.51. The topological polar surface area (TPSA) is 63.3 Å². The summed E-state index contributed by atoms with van der Waals surface area (Å²) < 4.78 is 4.93. The highest BCUT2D eigenvalue weighted by atomic mass is 16.5. The minimum atomic E-state index is -0.766. The van der Waals surface area contributed by atoms with Crippen LogP contribution in [0, 0.1) is 6.92 Å². The summed E-state index contributed by atoms with van der Waals surface area (Å²) in [6.07, 6.45) is 1.98. The van der Waals surface area contributed by atoms with E-state index in [0.29, 0.717) is 0 Å². The lowest BCUT2D eigenvalue weighted by atomic mass is 9.98. The summed E-state index contributed by atoms with van der Waals surface area (Å²) in [5.41, 5.74) is 0.580. The van der Waals surface area contributed by atoms with Crippen LogP contribution in [0.25, 0.3) is 0 Å². The molecule has 13 heavy (non-hydrogen) atoms. The lowest BCUT2D eigenvalue weighted by molar-refractivity contribution is -0.137. The summed E-state index contributed by atoms with van der Waals surface area (Å²) in [4.78, 5) is 10.6. The maximum Gasteiger partial charge on any atom is 0.304 e. The molecule has 70 valence electrons. The van der Waals surface area contributed by atoms with Gasteiger partial charge in [0, 0.05) is 11.5 Å². The van der Waals surface area contributed by atoms with E-state index >= 15 is 0 Å². The number of aromatic nitrogens is 1. The van der Waals surface area contributed by atoms with Crippen LogP contribution in [0.2, 0.25) is 0 Å². The van der Waals surface area contributed by atoms with E-state index in [9.17, 15) is 4.79 Å². The molecule has 2 rings (SSSR count). The maximum atomic E-state index is 10.6. The monoisotopic (exact) mass is 181 g/mol. The van der Waals surface area contributed by atoms with Gasteiger partial charge in [-0.15, -0.1) is 0 Å². The van der Waals surface area contributed by atoms with Crippen LogP contribution in [0.5, 0.6) is 0 Å². The van der Waals surface area contributed by atoms with Gasteiger partial charge in [0.1, 0.15) is 5.76 Å². The molecule has 1 aromatic heterocycles. The van der Waals surface area contributed by atoms with Crippen LogP contribution in [0.1, 0.15) is 30.7 Å². The molecule has 1 fully saturated rings. The standard InChI is InChI=1S/C9H11NO3/c1-6-4-7(10-13-6)9(2-3-9)5-8(11)12/h4H,2-3,5H2,1H3,(H,11,12). The van der Waals surface area contributed by atoms with Gasteiger partial charge in [-0.2, -0.15) is 0 Å². The van der Waals surface area contributed by atoms with Gasteiger partial charge in [-0.3, -0.25) is 4.79 Å². The second-order valence-corrected chi connectivity index (χ2v) is 3.67. The Balaban J connectivity index is 2.20. The molecule has 0 aromatic carbocycles. The van der Waals surface area contributed by atoms with Gasteiger partial charge in [0.2, 0.25) is 0 Å². The Hall–Kier alpha value is -1.32. The van der Waals surface area contributed by atoms with Gasteiger partial charge >= 0.3 is 5.97 Å². The molecular weight excluding hydrogens is 170 g/mol. The largest absolute Gasteiger partial charge is 0.481 e. The van der Waals surface area contributed by atoms with Crippen molar-refractivity contribution in [2.75, 3.05) is 0 Å². The van der Waals surface area contributed by atoms with Crippen molar-refractivity contribution in [3.05, 3.63) is 17.5 Å². The zero-order valence-corrected chi connectivity index (χ0v) is 7.41. The van der Waals surface area contributed by atoms with Gasteiger partial charge in [-0.25, -0.2) is 0 Å². The fourth-order valence-electron chi connectivity index (χ4n) is 1.58. The van der Waals surface area contributed by atoms with Crippen molar-refractivity contribution in [3.8, 4) is 0 Å². The van der Waals surface area contributed by atoms with Gasteiger partial charge in [-0.1, -0.05) is 5.16 Å². The summed E-state index contributed by atoms with van der Waals surface area (Å²) >= 11 is 0. The van der Waals surface area contributed by atoms with Crippen molar-refractivity contribution in [2.24, 2.45) is 0 Å². The Bertz CT molecular complexity index is 338. The van der Waals surface area contributed by atoms with E-state index < -0.39 is 5.97 Å². The molecule has 1 N–H and O–H groups in total. The molecule has 0 saturated heterocycles. The normalized spacial score (nSPS) is 18.5. The van der Waals surface area contributed by atoms with Crippen LogP contribution in [-0.2, 0) is 10.2 Å². The van der Waals surface area contributed by atoms with E-state index in [4.69, 9.17) is 9.63 Å². The predicted molar refractivity (Wildman–Crippen MR) is 44.4 cm³/mol. The summed E-state index contributed by atoms with van der Waals surface area (Å²) in [5, 5.41) is 12.6. The van der Waals surface area contributed by atoms with E-state index in [0.717, 1.165) is 24.3 Å². The van der Waals surface area contributed by atoms with E-state index in [1.165, 1.54) is 0 Å². The summed E-state index contributed by atoms with van der Waals surface area (Å²) in [7, 11) is 0. The first kappa shape index (κ1) is 8.29. The first-order valence-corrected chi connectivity index (χ1v) is 4.28. The highest BCUT2D eigenvalue weighted by Gasteiger charge is 2.48. The van der Waals surface area contributed by atoms with E-state index in [-0.39, 0.29) is 11.8 Å². The number of aliphatic carboxylic acids is 1. The molecular formula is C9H11NO3. The fraction of sp³-hybridized carbons (Fsp3) is 0.556. The minimum absolute atomic E-state index is 0.166. The maximum absolute atomic E-state index is 10.6. The molecule has 1 aliphatic carbocycles. The highest BCUT2D eigenvalue weighted by molar-refractivity contribution is 5.69. The molecule has 0 amide bonds. The van der Waals surface area contributed by atoms with Crippen LogP contribution >= 0.6 is 0 Å². The number of hydrogen-bond acceptors (Lipinski definition) is 3. The Morgan fingerprint density at radius 2 is 2.46 bits per heavy atom. The Kier molecular flexibility index (Phi) is 1.65. The number of rotatable bonds is 3. The lowest BCUT2D eigenvalue weighted by Crippen LogP contribution is -2.13. The van der Waals surface area contributed by atoms with Gasteiger partial charge < -0.3 is 9.63 Å². The fourth-order valence-corrected chi connectivity index (χ4v) is 1.58. The molecule has 1 saturated carbocycles. The molecule has 4 nitrogen and oxygen atoms in total. The van der Waals surface area contributed by atoms with Crippen LogP contribution in [-0.4, -0.2) is 16.2 Å². The third kappa shape index (κ3) is 1.43. The molecule has 0 spiro atoms. The van der Waals surface area contributed by atoms with E-state index in [1.54, 1.807) is 0 Å². The molecule has 1 aromatic rings. The zero-order valence-electron chi connectivity index (χ0n) is 7.41. The zero-order chi connectivity index (χ0) is 9.47. The molecule has 0 radical (unpaired) electrons. The summed E-state index contributed by atoms with van der Waals surface area (Å²) in [5.74, 6) is -0.0233. The number of aryl methyl sites for hydroxylation is 1. The van der Waals surface area contributed by atoms with Gasteiger partial charge in [0.15, 0.2) is 0 Å². The first-order valence-electron chi connectivity index (χ1n) is 4.28. The van der Waals surface area contributed by atoms with Crippen LogP contribution in [0.4, 0.5) is 0 Å². The van der Waals surface area contributed by atoms with Crippen molar-refractivity contribution in [1.82, 2.24) is 5.16 Å². The van der Waals surface area contributed by atoms with Crippen molar-refractivity contribution >= 4 is 5.97 Å². The van der Waals surface area contributed by atoms with Gasteiger partial charge in [0.05, 0.1) is 12.1 Å². The number of carboxylic acids is 1. The molecule has 1 aliphatic rings. The Morgan fingerprint density at radius 3 is 2.85 bits per heavy atom. The van der Waals surface area contributed by atoms with Gasteiger partial charge in [0.25, 0.3) is 0 Å². The average molecular weight is 181 g/mol. The second-order valence-electron chi connectivity index (χ2n) is 3.67. The van der Waals surface area contributed by atoms with Crippen LogP contribution in [0.15, 0.2) is 10.6 Å². The quantitative estimate of drug-likeness (QED) is 0.767. The van der Waals surface area contributed by atoms with Crippen molar-refractivity contribution < 1.29 is 14.4 Å².